The molecular weight excluding hydrogens is 396 g/mol. The normalized spacial score (nSPS) is 12.6. The van der Waals surface area contributed by atoms with Crippen LogP contribution in [0.5, 0.6) is 0 Å². The van der Waals surface area contributed by atoms with E-state index in [1.807, 2.05) is 0 Å². The molecule has 2 atom stereocenters. The summed E-state index contributed by atoms with van der Waals surface area (Å²) in [6, 6.07) is 6.33. The predicted octanol–water partition coefficient (Wildman–Crippen LogP) is 2.05. The number of methoxy groups -OCH3 is 1. The second-order valence-corrected chi connectivity index (χ2v) is 6.75. The molecule has 0 radical (unpaired) electrons. The summed E-state index contributed by atoms with van der Waals surface area (Å²) in [5.74, 6) is -3.01. The van der Waals surface area contributed by atoms with E-state index < -0.39 is 36.1 Å². The van der Waals surface area contributed by atoms with Crippen LogP contribution in [-0.4, -0.2) is 56.4 Å². The number of rotatable bonds is 11. The fourth-order valence-electron chi connectivity index (χ4n) is 1.99. The van der Waals surface area contributed by atoms with Crippen molar-refractivity contribution in [2.45, 2.75) is 46.5 Å². The Morgan fingerprint density at radius 3 is 1.90 bits per heavy atom. The number of carbonyl (C=O) groups is 4. The van der Waals surface area contributed by atoms with Crippen molar-refractivity contribution >= 4 is 23.9 Å². The SMILES string of the molecule is COCCOC(=O)c1ccc(COC(=O)C(C)OC(=O)C(C)OC(=O)C(C)C)cc1. The second-order valence-electron chi connectivity index (χ2n) is 6.75. The molecule has 0 aliphatic carbocycles. The highest BCUT2D eigenvalue weighted by atomic mass is 16.6. The molecule has 0 bridgehead atoms. The van der Waals surface area contributed by atoms with Crippen LogP contribution in [-0.2, 0) is 44.7 Å². The summed E-state index contributed by atoms with van der Waals surface area (Å²) >= 11 is 0. The number of hydrogen-bond acceptors (Lipinski definition) is 9. The summed E-state index contributed by atoms with van der Waals surface area (Å²) in [5.41, 5.74) is 0.989. The van der Waals surface area contributed by atoms with Crippen LogP contribution in [0.3, 0.4) is 0 Å². The summed E-state index contributed by atoms with van der Waals surface area (Å²) in [6.07, 6.45) is -2.31. The highest BCUT2D eigenvalue weighted by Gasteiger charge is 2.26. The summed E-state index contributed by atoms with van der Waals surface area (Å²) in [4.78, 5) is 47.3. The van der Waals surface area contributed by atoms with Crippen molar-refractivity contribution in [1.29, 1.82) is 0 Å². The van der Waals surface area contributed by atoms with Gasteiger partial charge in [-0.2, -0.15) is 0 Å². The zero-order valence-electron chi connectivity index (χ0n) is 17.8. The Morgan fingerprint density at radius 2 is 1.33 bits per heavy atom. The van der Waals surface area contributed by atoms with Crippen molar-refractivity contribution in [3.05, 3.63) is 35.4 Å². The number of benzene rings is 1. The molecule has 9 heteroatoms. The Balaban J connectivity index is 2.46. The first-order valence-electron chi connectivity index (χ1n) is 9.48. The molecule has 2 unspecified atom stereocenters. The Kier molecular flexibility index (Phi) is 10.5. The molecule has 166 valence electrons. The van der Waals surface area contributed by atoms with Crippen LogP contribution in [0.1, 0.15) is 43.6 Å². The molecule has 0 aromatic heterocycles. The van der Waals surface area contributed by atoms with E-state index in [0.717, 1.165) is 0 Å². The molecule has 30 heavy (non-hydrogen) atoms. The summed E-state index contributed by atoms with van der Waals surface area (Å²) < 4.78 is 24.8. The fraction of sp³-hybridized carbons (Fsp3) is 0.524. The van der Waals surface area contributed by atoms with E-state index >= 15 is 0 Å². The average Bonchev–Trinajstić information content (AvgIpc) is 2.72. The first-order chi connectivity index (χ1) is 14.1. The maximum atomic E-state index is 12.0. The molecule has 1 rings (SSSR count). The monoisotopic (exact) mass is 424 g/mol. The lowest BCUT2D eigenvalue weighted by Gasteiger charge is -2.17. The van der Waals surface area contributed by atoms with Gasteiger partial charge >= 0.3 is 23.9 Å². The molecular formula is C21H28O9. The molecule has 0 saturated carbocycles. The maximum absolute atomic E-state index is 12.0. The minimum absolute atomic E-state index is 0.0718. The minimum Gasteiger partial charge on any atom is -0.460 e. The molecule has 0 saturated heterocycles. The Labute approximate surface area is 175 Å². The van der Waals surface area contributed by atoms with Crippen molar-refractivity contribution in [3.63, 3.8) is 0 Å². The fourth-order valence-corrected chi connectivity index (χ4v) is 1.99. The van der Waals surface area contributed by atoms with Crippen LogP contribution < -0.4 is 0 Å². The van der Waals surface area contributed by atoms with E-state index in [1.165, 1.54) is 21.0 Å². The molecule has 9 nitrogen and oxygen atoms in total. The van der Waals surface area contributed by atoms with Gasteiger partial charge in [-0.25, -0.2) is 14.4 Å². The molecule has 0 spiro atoms. The van der Waals surface area contributed by atoms with Gasteiger partial charge in [-0.15, -0.1) is 0 Å². The van der Waals surface area contributed by atoms with E-state index in [1.54, 1.807) is 38.1 Å². The first-order valence-corrected chi connectivity index (χ1v) is 9.48. The molecule has 0 amide bonds. The molecule has 0 heterocycles. The average molecular weight is 424 g/mol. The zero-order chi connectivity index (χ0) is 22.7. The number of esters is 4. The minimum atomic E-state index is -1.17. The highest BCUT2D eigenvalue weighted by molar-refractivity contribution is 5.89. The first kappa shape index (κ1) is 25.1. The molecule has 1 aromatic rings. The maximum Gasteiger partial charge on any atom is 0.347 e. The molecule has 0 N–H and O–H groups in total. The van der Waals surface area contributed by atoms with Crippen molar-refractivity contribution in [1.82, 2.24) is 0 Å². The van der Waals surface area contributed by atoms with Crippen molar-refractivity contribution in [3.8, 4) is 0 Å². The largest absolute Gasteiger partial charge is 0.460 e. The smallest absolute Gasteiger partial charge is 0.347 e. The topological polar surface area (TPSA) is 114 Å². The Morgan fingerprint density at radius 1 is 0.767 bits per heavy atom. The van der Waals surface area contributed by atoms with Crippen LogP contribution in [0.4, 0.5) is 0 Å². The molecule has 1 aromatic carbocycles. The van der Waals surface area contributed by atoms with E-state index in [4.69, 9.17) is 23.7 Å². The third-order valence-electron chi connectivity index (χ3n) is 3.81. The van der Waals surface area contributed by atoms with Crippen LogP contribution in [0.25, 0.3) is 0 Å². The van der Waals surface area contributed by atoms with E-state index in [2.05, 4.69) is 0 Å². The zero-order valence-corrected chi connectivity index (χ0v) is 17.8. The van der Waals surface area contributed by atoms with E-state index in [0.29, 0.717) is 17.7 Å². The number of hydrogen-bond donors (Lipinski definition) is 0. The van der Waals surface area contributed by atoms with Crippen molar-refractivity contribution in [2.24, 2.45) is 5.92 Å². The van der Waals surface area contributed by atoms with Crippen molar-refractivity contribution < 1.29 is 42.9 Å². The lowest BCUT2D eigenvalue weighted by Crippen LogP contribution is -2.33. The lowest BCUT2D eigenvalue weighted by atomic mass is 10.1. The number of carbonyl (C=O) groups excluding carboxylic acids is 4. The van der Waals surface area contributed by atoms with Gasteiger partial charge in [0.1, 0.15) is 13.2 Å². The van der Waals surface area contributed by atoms with Gasteiger partial charge in [-0.1, -0.05) is 26.0 Å². The van der Waals surface area contributed by atoms with Gasteiger partial charge in [0, 0.05) is 7.11 Å². The summed E-state index contributed by atoms with van der Waals surface area (Å²) in [7, 11) is 1.51. The van der Waals surface area contributed by atoms with Crippen LogP contribution in [0, 0.1) is 5.92 Å². The van der Waals surface area contributed by atoms with Gasteiger partial charge in [0.2, 0.25) is 0 Å². The van der Waals surface area contributed by atoms with Crippen LogP contribution in [0.15, 0.2) is 24.3 Å². The van der Waals surface area contributed by atoms with Crippen LogP contribution >= 0.6 is 0 Å². The Hall–Kier alpha value is -2.94. The highest BCUT2D eigenvalue weighted by Crippen LogP contribution is 2.09. The second kappa shape index (κ2) is 12.6. The quantitative estimate of drug-likeness (QED) is 0.299. The Bertz CT molecular complexity index is 724. The lowest BCUT2D eigenvalue weighted by molar-refractivity contribution is -0.178. The summed E-state index contributed by atoms with van der Waals surface area (Å²) in [5, 5.41) is 0. The summed E-state index contributed by atoms with van der Waals surface area (Å²) in [6.45, 7) is 6.38. The van der Waals surface area contributed by atoms with Crippen LogP contribution in [0.2, 0.25) is 0 Å². The van der Waals surface area contributed by atoms with Gasteiger partial charge in [-0.3, -0.25) is 4.79 Å². The van der Waals surface area contributed by atoms with Gasteiger partial charge in [-0.05, 0) is 31.5 Å². The van der Waals surface area contributed by atoms with Gasteiger partial charge < -0.3 is 23.7 Å². The van der Waals surface area contributed by atoms with Crippen molar-refractivity contribution in [2.75, 3.05) is 20.3 Å². The standard InChI is InChI=1S/C21H28O9/c1-13(2)18(22)29-15(4)20(24)30-14(3)19(23)28-12-16-6-8-17(9-7-16)21(25)27-11-10-26-5/h6-9,13-15H,10-12H2,1-5H3. The third kappa shape index (κ3) is 8.60. The molecule has 0 aliphatic rings. The van der Waals surface area contributed by atoms with Gasteiger partial charge in [0.25, 0.3) is 0 Å². The predicted molar refractivity (Wildman–Crippen MR) is 104 cm³/mol. The molecule has 0 fully saturated rings. The van der Waals surface area contributed by atoms with Gasteiger partial charge in [0.05, 0.1) is 18.1 Å². The van der Waals surface area contributed by atoms with E-state index in [-0.39, 0.29) is 19.1 Å². The molecule has 0 aliphatic heterocycles. The van der Waals surface area contributed by atoms with Gasteiger partial charge in [0.15, 0.2) is 12.2 Å². The van der Waals surface area contributed by atoms with E-state index in [9.17, 15) is 19.2 Å². The number of ether oxygens (including phenoxy) is 5. The third-order valence-corrected chi connectivity index (χ3v) is 3.81.